The van der Waals surface area contributed by atoms with Gasteiger partial charge in [0.1, 0.15) is 5.82 Å². The Morgan fingerprint density at radius 1 is 1.48 bits per heavy atom. The molecule has 112 valence electrons. The largest absolute Gasteiger partial charge is 0.361 e. The fourth-order valence-corrected chi connectivity index (χ4v) is 2.57. The molecule has 2 aromatic rings. The number of halogens is 1. The number of H-pyrrole nitrogens is 1. The summed E-state index contributed by atoms with van der Waals surface area (Å²) in [5.41, 5.74) is 2.09. The second kappa shape index (κ2) is 5.76. The fraction of sp³-hybridized carbons (Fsp3) is 0.438. The smallest absolute Gasteiger partial charge is 0.191 e. The minimum atomic E-state index is -0.198. The first-order valence-corrected chi connectivity index (χ1v) is 7.40. The molecule has 0 spiro atoms. The molecule has 3 N–H and O–H groups in total. The highest BCUT2D eigenvalue weighted by molar-refractivity contribution is 5.83. The Kier molecular flexibility index (Phi) is 3.82. The van der Waals surface area contributed by atoms with Crippen LogP contribution in [0.3, 0.4) is 0 Å². The summed E-state index contributed by atoms with van der Waals surface area (Å²) < 4.78 is 13.3. The zero-order valence-corrected chi connectivity index (χ0v) is 12.4. The molecule has 3 rings (SSSR count). The van der Waals surface area contributed by atoms with Crippen molar-refractivity contribution < 1.29 is 4.39 Å². The van der Waals surface area contributed by atoms with Gasteiger partial charge in [-0.3, -0.25) is 4.99 Å². The predicted molar refractivity (Wildman–Crippen MR) is 84.0 cm³/mol. The maximum absolute atomic E-state index is 13.3. The quantitative estimate of drug-likeness (QED) is 0.598. The van der Waals surface area contributed by atoms with Crippen molar-refractivity contribution in [3.63, 3.8) is 0 Å². The first-order valence-electron chi connectivity index (χ1n) is 7.40. The Labute approximate surface area is 123 Å². The van der Waals surface area contributed by atoms with Crippen LogP contribution in [0, 0.1) is 11.7 Å². The number of nitrogens with one attached hydrogen (secondary N) is 3. The number of hydrogen-bond acceptors (Lipinski definition) is 1. The summed E-state index contributed by atoms with van der Waals surface area (Å²) in [7, 11) is 1.78. The molecular formula is C16H21FN4. The number of rotatable bonds is 4. The molecule has 0 radical (unpaired) electrons. The molecule has 1 aromatic heterocycles. The second-order valence-electron chi connectivity index (χ2n) is 5.72. The highest BCUT2D eigenvalue weighted by Crippen LogP contribution is 2.28. The maximum Gasteiger partial charge on any atom is 0.191 e. The lowest BCUT2D eigenvalue weighted by Crippen LogP contribution is -2.39. The summed E-state index contributed by atoms with van der Waals surface area (Å²) in [6.45, 7) is 3.00. The molecular weight excluding hydrogens is 267 g/mol. The number of guanidine groups is 1. The maximum atomic E-state index is 13.3. The van der Waals surface area contributed by atoms with E-state index in [0.717, 1.165) is 41.3 Å². The minimum absolute atomic E-state index is 0.198. The molecule has 1 aliphatic rings. The van der Waals surface area contributed by atoms with Gasteiger partial charge in [0.15, 0.2) is 5.96 Å². The Morgan fingerprint density at radius 2 is 2.29 bits per heavy atom. The number of aromatic nitrogens is 1. The van der Waals surface area contributed by atoms with Crippen LogP contribution in [0.1, 0.15) is 18.9 Å². The standard InChI is InChI=1S/C16H21FN4/c1-10-7-15(10)21-16(18-2)19-6-5-11-9-20-14-4-3-12(17)8-13(11)14/h3-4,8-10,15,20H,5-7H2,1-2H3,(H2,18,19,21). The zero-order chi connectivity index (χ0) is 14.8. The van der Waals surface area contributed by atoms with Crippen LogP contribution in [-0.2, 0) is 6.42 Å². The summed E-state index contributed by atoms with van der Waals surface area (Å²) in [5.74, 6) is 1.38. The molecule has 0 aliphatic heterocycles. The van der Waals surface area contributed by atoms with E-state index >= 15 is 0 Å². The molecule has 5 heteroatoms. The minimum Gasteiger partial charge on any atom is -0.361 e. The van der Waals surface area contributed by atoms with Gasteiger partial charge in [-0.2, -0.15) is 0 Å². The monoisotopic (exact) mass is 288 g/mol. The second-order valence-corrected chi connectivity index (χ2v) is 5.72. The van der Waals surface area contributed by atoms with Gasteiger partial charge in [-0.05, 0) is 42.5 Å². The number of benzene rings is 1. The molecule has 1 aromatic carbocycles. The number of aromatic amines is 1. The van der Waals surface area contributed by atoms with Crippen LogP contribution in [-0.4, -0.2) is 30.6 Å². The predicted octanol–water partition coefficient (Wildman–Crippen LogP) is 2.42. The van der Waals surface area contributed by atoms with Crippen LogP contribution in [0.15, 0.2) is 29.4 Å². The van der Waals surface area contributed by atoms with Crippen LogP contribution in [0.4, 0.5) is 4.39 Å². The molecule has 0 bridgehead atoms. The summed E-state index contributed by atoms with van der Waals surface area (Å²) in [4.78, 5) is 7.40. The molecule has 4 nitrogen and oxygen atoms in total. The van der Waals surface area contributed by atoms with Gasteiger partial charge in [-0.15, -0.1) is 0 Å². The first-order chi connectivity index (χ1) is 10.2. The fourth-order valence-electron chi connectivity index (χ4n) is 2.57. The van der Waals surface area contributed by atoms with E-state index < -0.39 is 0 Å². The number of fused-ring (bicyclic) bond motifs is 1. The Hall–Kier alpha value is -2.04. The Bertz CT molecular complexity index is 661. The van der Waals surface area contributed by atoms with Crippen LogP contribution < -0.4 is 10.6 Å². The van der Waals surface area contributed by atoms with Gasteiger partial charge in [0, 0.05) is 36.7 Å². The third kappa shape index (κ3) is 3.17. The summed E-state index contributed by atoms with van der Waals surface area (Å²) in [5, 5.41) is 7.65. The van der Waals surface area contributed by atoms with Crippen LogP contribution in [0.2, 0.25) is 0 Å². The van der Waals surface area contributed by atoms with E-state index in [0.29, 0.717) is 6.04 Å². The average molecular weight is 288 g/mol. The van der Waals surface area contributed by atoms with Crippen molar-refractivity contribution >= 4 is 16.9 Å². The zero-order valence-electron chi connectivity index (χ0n) is 12.4. The number of nitrogens with zero attached hydrogens (tertiary/aromatic N) is 1. The van der Waals surface area contributed by atoms with Crippen LogP contribution in [0.5, 0.6) is 0 Å². The molecule has 2 unspecified atom stereocenters. The molecule has 2 atom stereocenters. The summed E-state index contributed by atoms with van der Waals surface area (Å²) in [6, 6.07) is 5.39. The number of hydrogen-bond donors (Lipinski definition) is 3. The van der Waals surface area contributed by atoms with Crippen molar-refractivity contribution in [1.29, 1.82) is 0 Å². The molecule has 0 amide bonds. The van der Waals surface area contributed by atoms with Crippen molar-refractivity contribution in [3.05, 3.63) is 35.8 Å². The lowest BCUT2D eigenvalue weighted by molar-refractivity contribution is 0.629. The van der Waals surface area contributed by atoms with Crippen molar-refractivity contribution in [2.75, 3.05) is 13.6 Å². The lowest BCUT2D eigenvalue weighted by atomic mass is 10.1. The van der Waals surface area contributed by atoms with E-state index in [1.807, 2.05) is 6.20 Å². The molecule has 21 heavy (non-hydrogen) atoms. The molecule has 1 aliphatic carbocycles. The highest BCUT2D eigenvalue weighted by atomic mass is 19.1. The average Bonchev–Trinajstić information content (AvgIpc) is 3.02. The third-order valence-corrected chi connectivity index (χ3v) is 4.07. The van der Waals surface area contributed by atoms with Crippen molar-refractivity contribution in [2.45, 2.75) is 25.8 Å². The summed E-state index contributed by atoms with van der Waals surface area (Å²) >= 11 is 0. The van der Waals surface area contributed by atoms with Crippen molar-refractivity contribution in [1.82, 2.24) is 15.6 Å². The lowest BCUT2D eigenvalue weighted by Gasteiger charge is -2.11. The van der Waals surface area contributed by atoms with E-state index in [-0.39, 0.29) is 5.82 Å². The van der Waals surface area contributed by atoms with Gasteiger partial charge >= 0.3 is 0 Å². The van der Waals surface area contributed by atoms with Gasteiger partial charge in [0.2, 0.25) is 0 Å². The molecule has 1 saturated carbocycles. The third-order valence-electron chi connectivity index (χ3n) is 4.07. The number of aliphatic imine (C=N–C) groups is 1. The van der Waals surface area contributed by atoms with E-state index in [1.165, 1.54) is 12.5 Å². The van der Waals surface area contributed by atoms with E-state index in [4.69, 9.17) is 0 Å². The van der Waals surface area contributed by atoms with Gasteiger partial charge in [-0.25, -0.2) is 4.39 Å². The van der Waals surface area contributed by atoms with E-state index in [2.05, 4.69) is 27.5 Å². The van der Waals surface area contributed by atoms with Gasteiger partial charge in [0.05, 0.1) is 0 Å². The Morgan fingerprint density at radius 3 is 3.00 bits per heavy atom. The molecule has 1 heterocycles. The first kappa shape index (κ1) is 13.9. The van der Waals surface area contributed by atoms with Crippen LogP contribution >= 0.6 is 0 Å². The summed E-state index contributed by atoms with van der Waals surface area (Å²) in [6.07, 6.45) is 3.98. The Balaban J connectivity index is 1.57. The van der Waals surface area contributed by atoms with E-state index in [9.17, 15) is 4.39 Å². The SMILES string of the molecule is CN=C(NCCc1c[nH]c2ccc(F)cc12)NC1CC1C. The van der Waals surface area contributed by atoms with Gasteiger partial charge in [-0.1, -0.05) is 6.92 Å². The van der Waals surface area contributed by atoms with Crippen LogP contribution in [0.25, 0.3) is 10.9 Å². The van der Waals surface area contributed by atoms with E-state index in [1.54, 1.807) is 19.2 Å². The molecule has 0 saturated heterocycles. The van der Waals surface area contributed by atoms with Gasteiger partial charge in [0.25, 0.3) is 0 Å². The van der Waals surface area contributed by atoms with Crippen molar-refractivity contribution in [2.24, 2.45) is 10.9 Å². The van der Waals surface area contributed by atoms with Crippen molar-refractivity contribution in [3.8, 4) is 0 Å². The topological polar surface area (TPSA) is 52.2 Å². The molecule has 1 fully saturated rings. The highest BCUT2D eigenvalue weighted by Gasteiger charge is 2.33. The van der Waals surface area contributed by atoms with Gasteiger partial charge < -0.3 is 15.6 Å². The normalized spacial score (nSPS) is 21.6.